The zero-order chi connectivity index (χ0) is 14.6. The van der Waals surface area contributed by atoms with E-state index in [9.17, 15) is 5.26 Å². The molecule has 0 aromatic carbocycles. The first kappa shape index (κ1) is 13.5. The Hall–Kier alpha value is -3.58. The van der Waals surface area contributed by atoms with Gasteiger partial charge < -0.3 is 0 Å². The van der Waals surface area contributed by atoms with Crippen LogP contribution < -0.4 is 0 Å². The van der Waals surface area contributed by atoms with E-state index >= 15 is 0 Å². The van der Waals surface area contributed by atoms with E-state index in [4.69, 9.17) is 26.3 Å². The third-order valence-corrected chi connectivity index (χ3v) is 2.97. The highest BCUT2D eigenvalue weighted by atomic mass is 14.5. The van der Waals surface area contributed by atoms with Crippen LogP contribution in [0.1, 0.15) is 6.92 Å². The van der Waals surface area contributed by atoms with Gasteiger partial charge in [-0.05, 0) is 6.92 Å². The van der Waals surface area contributed by atoms with E-state index in [1.165, 1.54) is 6.92 Å². The van der Waals surface area contributed by atoms with Crippen LogP contribution in [0.5, 0.6) is 0 Å². The molecule has 19 heavy (non-hydrogen) atoms. The molecular weight excluding hydrogens is 240 g/mol. The number of rotatable bonds is 0. The van der Waals surface area contributed by atoms with Gasteiger partial charge in [0.1, 0.15) is 23.5 Å². The van der Waals surface area contributed by atoms with Gasteiger partial charge in [0.05, 0.1) is 46.6 Å². The van der Waals surface area contributed by atoms with E-state index in [-0.39, 0.29) is 22.3 Å². The van der Waals surface area contributed by atoms with Crippen LogP contribution in [-0.2, 0) is 0 Å². The fraction of sp³-hybridized carbons (Fsp3) is 0.231. The summed E-state index contributed by atoms with van der Waals surface area (Å²) in [5.74, 6) is -1.25. The first-order valence-corrected chi connectivity index (χ1v) is 4.96. The van der Waals surface area contributed by atoms with Gasteiger partial charge in [0.2, 0.25) is 0 Å². The Morgan fingerprint density at radius 3 is 1.74 bits per heavy atom. The van der Waals surface area contributed by atoms with Crippen molar-refractivity contribution in [1.29, 1.82) is 31.6 Å². The number of nitrogens with zero attached hydrogens (tertiary/aromatic N) is 6. The summed E-state index contributed by atoms with van der Waals surface area (Å²) in [5.41, 5.74) is -2.72. The van der Waals surface area contributed by atoms with Crippen LogP contribution >= 0.6 is 0 Å². The van der Waals surface area contributed by atoms with Crippen LogP contribution in [0.25, 0.3) is 0 Å². The predicted octanol–water partition coefficient (Wildman–Crippen LogP) is 1.36. The van der Waals surface area contributed by atoms with Crippen LogP contribution in [0.15, 0.2) is 22.3 Å². The van der Waals surface area contributed by atoms with Crippen molar-refractivity contribution in [3.8, 4) is 36.4 Å². The Bertz CT molecular complexity index is 757. The molecular formula is C13H4N6. The van der Waals surface area contributed by atoms with Crippen LogP contribution in [-0.4, -0.2) is 0 Å². The second kappa shape index (κ2) is 4.73. The van der Waals surface area contributed by atoms with Crippen molar-refractivity contribution in [3.63, 3.8) is 0 Å². The first-order chi connectivity index (χ1) is 9.05. The zero-order valence-electron chi connectivity index (χ0n) is 9.76. The summed E-state index contributed by atoms with van der Waals surface area (Å²) in [6.45, 7) is 1.31. The molecule has 2 unspecified atom stereocenters. The summed E-state index contributed by atoms with van der Waals surface area (Å²) in [7, 11) is 0. The minimum atomic E-state index is -1.61. The van der Waals surface area contributed by atoms with Crippen LogP contribution in [0.3, 0.4) is 0 Å². The standard InChI is InChI=1S/C13H4N6/c1-13(7-19)11(5-17)9(3-15)8(2-14)10(4-16)12(13)6-18/h11H,1H3. The predicted molar refractivity (Wildman–Crippen MR) is 59.3 cm³/mol. The van der Waals surface area contributed by atoms with Gasteiger partial charge in [-0.2, -0.15) is 31.6 Å². The minimum absolute atomic E-state index is 0.246. The average molecular weight is 244 g/mol. The van der Waals surface area contributed by atoms with Gasteiger partial charge in [-0.1, -0.05) is 0 Å². The third-order valence-electron chi connectivity index (χ3n) is 2.97. The van der Waals surface area contributed by atoms with E-state index in [1.54, 1.807) is 36.4 Å². The summed E-state index contributed by atoms with van der Waals surface area (Å²) in [5, 5.41) is 54.6. The van der Waals surface area contributed by atoms with Gasteiger partial charge in [0.15, 0.2) is 0 Å². The van der Waals surface area contributed by atoms with Crippen molar-refractivity contribution in [1.82, 2.24) is 0 Å². The first-order valence-electron chi connectivity index (χ1n) is 4.96. The van der Waals surface area contributed by atoms with Crippen molar-refractivity contribution in [2.24, 2.45) is 11.3 Å². The van der Waals surface area contributed by atoms with Crippen LogP contribution in [0.2, 0.25) is 0 Å². The smallest absolute Gasteiger partial charge is 0.111 e. The molecule has 0 heterocycles. The lowest BCUT2D eigenvalue weighted by Crippen LogP contribution is -2.33. The molecule has 6 nitrogen and oxygen atoms in total. The van der Waals surface area contributed by atoms with Gasteiger partial charge >= 0.3 is 0 Å². The molecule has 0 saturated heterocycles. The Balaban J connectivity index is 3.97. The quantitative estimate of drug-likeness (QED) is 0.629. The van der Waals surface area contributed by atoms with Crippen LogP contribution in [0, 0.1) is 79.3 Å². The number of hydrogen-bond donors (Lipinski definition) is 0. The summed E-state index contributed by atoms with van der Waals surface area (Å²) < 4.78 is 0. The molecule has 0 aromatic rings. The molecule has 0 fully saturated rings. The molecule has 1 aliphatic rings. The van der Waals surface area contributed by atoms with E-state index < -0.39 is 11.3 Å². The van der Waals surface area contributed by atoms with Crippen LogP contribution in [0.4, 0.5) is 0 Å². The Kier molecular flexibility index (Phi) is 3.36. The summed E-state index contributed by atoms with van der Waals surface area (Å²) in [6, 6.07) is 10.3. The molecule has 0 aliphatic heterocycles. The van der Waals surface area contributed by atoms with Crippen molar-refractivity contribution >= 4 is 0 Å². The Morgan fingerprint density at radius 1 is 0.842 bits per heavy atom. The molecule has 0 aromatic heterocycles. The fourth-order valence-electron chi connectivity index (χ4n) is 1.93. The monoisotopic (exact) mass is 244 g/mol. The molecule has 0 N–H and O–H groups in total. The Morgan fingerprint density at radius 2 is 1.42 bits per heavy atom. The van der Waals surface area contributed by atoms with Gasteiger partial charge in [-0.15, -0.1) is 0 Å². The van der Waals surface area contributed by atoms with E-state index in [1.807, 2.05) is 0 Å². The second-order valence-electron chi connectivity index (χ2n) is 3.86. The molecule has 2 atom stereocenters. The molecule has 0 bridgehead atoms. The van der Waals surface area contributed by atoms with Crippen molar-refractivity contribution in [2.75, 3.05) is 0 Å². The summed E-state index contributed by atoms with van der Waals surface area (Å²) in [6.07, 6.45) is 0. The van der Waals surface area contributed by atoms with Gasteiger partial charge in [0, 0.05) is 0 Å². The van der Waals surface area contributed by atoms with Gasteiger partial charge in [-0.25, -0.2) is 0 Å². The zero-order valence-corrected chi connectivity index (χ0v) is 9.76. The number of nitriles is 6. The van der Waals surface area contributed by atoms with Gasteiger partial charge in [0.25, 0.3) is 0 Å². The SMILES string of the molecule is CC1(C#N)C(C#N)=C(C#N)C(C#N)=C(C#N)C1C#N. The topological polar surface area (TPSA) is 143 Å². The maximum Gasteiger partial charge on any atom is 0.111 e. The fourth-order valence-corrected chi connectivity index (χ4v) is 1.93. The Labute approximate surface area is 109 Å². The molecule has 1 rings (SSSR count). The summed E-state index contributed by atoms with van der Waals surface area (Å²) in [4.78, 5) is 0. The second-order valence-corrected chi connectivity index (χ2v) is 3.86. The molecule has 0 amide bonds. The normalized spacial score (nSPS) is 25.1. The molecule has 1 aliphatic carbocycles. The average Bonchev–Trinajstić information content (AvgIpc) is 2.45. The molecule has 0 spiro atoms. The molecule has 0 radical (unpaired) electrons. The molecule has 6 heteroatoms. The van der Waals surface area contributed by atoms with Gasteiger partial charge in [-0.3, -0.25) is 0 Å². The molecule has 0 saturated carbocycles. The van der Waals surface area contributed by atoms with E-state index in [2.05, 4.69) is 0 Å². The summed E-state index contributed by atoms with van der Waals surface area (Å²) >= 11 is 0. The lowest BCUT2D eigenvalue weighted by atomic mass is 9.64. The maximum atomic E-state index is 9.23. The van der Waals surface area contributed by atoms with E-state index in [0.717, 1.165) is 0 Å². The lowest BCUT2D eigenvalue weighted by Gasteiger charge is -2.30. The highest BCUT2D eigenvalue weighted by Crippen LogP contribution is 2.46. The minimum Gasteiger partial charge on any atom is -0.198 e. The number of allylic oxidation sites excluding steroid dienone is 4. The lowest BCUT2D eigenvalue weighted by molar-refractivity contribution is 0.444. The van der Waals surface area contributed by atoms with Crippen molar-refractivity contribution in [3.05, 3.63) is 22.3 Å². The highest BCUT2D eigenvalue weighted by molar-refractivity contribution is 5.68. The number of hydrogen-bond acceptors (Lipinski definition) is 6. The highest BCUT2D eigenvalue weighted by Gasteiger charge is 2.48. The maximum absolute atomic E-state index is 9.23. The van der Waals surface area contributed by atoms with E-state index in [0.29, 0.717) is 0 Å². The molecule has 86 valence electrons. The third kappa shape index (κ3) is 1.59. The largest absolute Gasteiger partial charge is 0.198 e. The van der Waals surface area contributed by atoms with Crippen molar-refractivity contribution < 1.29 is 0 Å². The van der Waals surface area contributed by atoms with Crippen molar-refractivity contribution in [2.45, 2.75) is 6.92 Å².